The van der Waals surface area contributed by atoms with Crippen LogP contribution in [0.5, 0.6) is 0 Å². The predicted molar refractivity (Wildman–Crippen MR) is 145 cm³/mol. The number of fused-ring (bicyclic) bond motifs is 1. The van der Waals surface area contributed by atoms with Crippen molar-refractivity contribution in [3.63, 3.8) is 0 Å². The number of H-pyrrole nitrogens is 1. The number of aromatic nitrogens is 1. The smallest absolute Gasteiger partial charge is 0.246 e. The highest BCUT2D eigenvalue weighted by molar-refractivity contribution is 9.10. The van der Waals surface area contributed by atoms with Crippen LogP contribution in [0.2, 0.25) is 0 Å². The van der Waals surface area contributed by atoms with Crippen molar-refractivity contribution in [2.75, 3.05) is 32.8 Å². The summed E-state index contributed by atoms with van der Waals surface area (Å²) in [5.74, 6) is 0.598. The van der Waals surface area contributed by atoms with Gasteiger partial charge >= 0.3 is 0 Å². The highest BCUT2D eigenvalue weighted by Gasteiger charge is 2.33. The first-order valence-corrected chi connectivity index (χ1v) is 13.7. The molecule has 2 saturated heterocycles. The van der Waals surface area contributed by atoms with Gasteiger partial charge in [0.2, 0.25) is 5.91 Å². The van der Waals surface area contributed by atoms with Gasteiger partial charge in [-0.3, -0.25) is 9.69 Å². The maximum atomic E-state index is 13.4. The molecule has 1 amide bonds. The van der Waals surface area contributed by atoms with Crippen LogP contribution in [0.25, 0.3) is 17.0 Å². The molecule has 0 bridgehead atoms. The van der Waals surface area contributed by atoms with E-state index in [9.17, 15) is 14.3 Å². The summed E-state index contributed by atoms with van der Waals surface area (Å²) in [4.78, 5) is 20.5. The number of carbonyl (C=O) groups is 1. The molecule has 0 aliphatic carbocycles. The first kappa shape index (κ1) is 25.2. The minimum absolute atomic E-state index is 0.0195. The number of likely N-dealkylation sites (tertiary alicyclic amines) is 2. The summed E-state index contributed by atoms with van der Waals surface area (Å²) >= 11 is 3.18. The van der Waals surface area contributed by atoms with E-state index in [1.54, 1.807) is 24.3 Å². The van der Waals surface area contributed by atoms with Crippen LogP contribution in [0.3, 0.4) is 0 Å². The number of carbonyl (C=O) groups excluding carboxylic acids is 1. The molecule has 1 unspecified atom stereocenters. The average molecular weight is 555 g/mol. The fraction of sp³-hybridized carbons (Fsp3) is 0.414. The van der Waals surface area contributed by atoms with Gasteiger partial charge in [-0.25, -0.2) is 4.39 Å². The number of nitrogens with one attached hydrogen (secondary N) is 1. The number of nitrogens with zero attached hydrogens (tertiary/aromatic N) is 2. The molecule has 2 aliphatic rings. The third-order valence-corrected chi connectivity index (χ3v) is 8.61. The van der Waals surface area contributed by atoms with E-state index in [0.29, 0.717) is 29.4 Å². The number of para-hydroxylation sites is 1. The van der Waals surface area contributed by atoms with Gasteiger partial charge in [-0.2, -0.15) is 0 Å². The Labute approximate surface area is 220 Å². The Morgan fingerprint density at radius 1 is 1.11 bits per heavy atom. The molecule has 2 N–H and O–H groups in total. The Hall–Kier alpha value is -2.48. The number of benzene rings is 2. The fourth-order valence-electron chi connectivity index (χ4n) is 5.93. The second kappa shape index (κ2) is 11.3. The topological polar surface area (TPSA) is 59.6 Å². The lowest BCUT2D eigenvalue weighted by Gasteiger charge is -2.43. The fourth-order valence-corrected chi connectivity index (χ4v) is 6.33. The van der Waals surface area contributed by atoms with Crippen molar-refractivity contribution in [3.8, 4) is 0 Å². The van der Waals surface area contributed by atoms with E-state index in [4.69, 9.17) is 0 Å². The third-order valence-electron chi connectivity index (χ3n) is 8.00. The average Bonchev–Trinajstić information content (AvgIpc) is 3.35. The molecule has 0 radical (unpaired) electrons. The van der Waals surface area contributed by atoms with Gasteiger partial charge in [0.15, 0.2) is 0 Å². The first-order chi connectivity index (χ1) is 17.5. The summed E-state index contributed by atoms with van der Waals surface area (Å²) in [6, 6.07) is 13.4. The number of hydrogen-bond donors (Lipinski definition) is 2. The zero-order chi connectivity index (χ0) is 25.1. The van der Waals surface area contributed by atoms with Crippen LogP contribution in [0.15, 0.2) is 59.2 Å². The minimum Gasteiger partial charge on any atom is -0.395 e. The van der Waals surface area contributed by atoms with Gasteiger partial charge < -0.3 is 15.0 Å². The summed E-state index contributed by atoms with van der Waals surface area (Å²) < 4.78 is 13.8. The Bertz CT molecular complexity index is 1230. The van der Waals surface area contributed by atoms with Crippen molar-refractivity contribution in [3.05, 3.63) is 76.2 Å². The second-order valence-electron chi connectivity index (χ2n) is 10.0. The summed E-state index contributed by atoms with van der Waals surface area (Å²) in [6.07, 6.45) is 9.46. The molecule has 5 rings (SSSR count). The molecular weight excluding hydrogens is 521 g/mol. The van der Waals surface area contributed by atoms with Crippen molar-refractivity contribution >= 4 is 38.8 Å². The number of amides is 1. The summed E-state index contributed by atoms with van der Waals surface area (Å²) in [7, 11) is 0. The molecular formula is C29H33BrFN3O2. The number of hydrogen-bond acceptors (Lipinski definition) is 3. The zero-order valence-corrected chi connectivity index (χ0v) is 22.0. The minimum atomic E-state index is -0.318. The maximum Gasteiger partial charge on any atom is 0.246 e. The van der Waals surface area contributed by atoms with Crippen LogP contribution in [-0.2, 0) is 4.79 Å². The Balaban J connectivity index is 1.13. The lowest BCUT2D eigenvalue weighted by molar-refractivity contribution is -0.127. The Kier molecular flexibility index (Phi) is 7.89. The summed E-state index contributed by atoms with van der Waals surface area (Å²) in [5.41, 5.74) is 3.39. The number of aliphatic hydroxyl groups excluding tert-OH is 1. The quantitative estimate of drug-likeness (QED) is 0.393. The van der Waals surface area contributed by atoms with Crippen LogP contribution < -0.4 is 0 Å². The molecule has 36 heavy (non-hydrogen) atoms. The van der Waals surface area contributed by atoms with Crippen molar-refractivity contribution in [2.45, 2.75) is 37.6 Å². The Morgan fingerprint density at radius 3 is 2.58 bits per heavy atom. The molecule has 7 heteroatoms. The molecule has 1 aromatic heterocycles. The number of halogens is 2. The number of aliphatic hydroxyl groups is 1. The van der Waals surface area contributed by atoms with E-state index in [2.05, 4.69) is 56.3 Å². The molecule has 0 spiro atoms. The van der Waals surface area contributed by atoms with Crippen LogP contribution in [-0.4, -0.2) is 64.6 Å². The molecule has 1 atom stereocenters. The number of rotatable bonds is 6. The lowest BCUT2D eigenvalue weighted by Crippen LogP contribution is -2.50. The van der Waals surface area contributed by atoms with Gasteiger partial charge in [0.05, 0.1) is 11.1 Å². The second-order valence-corrected chi connectivity index (χ2v) is 10.9. The van der Waals surface area contributed by atoms with Crippen LogP contribution >= 0.6 is 15.9 Å². The normalized spacial score (nSPS) is 19.4. The number of piperidine rings is 2. The van der Waals surface area contributed by atoms with Crippen molar-refractivity contribution in [2.24, 2.45) is 5.92 Å². The van der Waals surface area contributed by atoms with E-state index in [1.807, 2.05) is 4.90 Å². The summed E-state index contributed by atoms with van der Waals surface area (Å²) in [5, 5.41) is 11.6. The monoisotopic (exact) mass is 553 g/mol. The van der Waals surface area contributed by atoms with Crippen molar-refractivity contribution < 1.29 is 14.3 Å². The van der Waals surface area contributed by atoms with Gasteiger partial charge in [0, 0.05) is 42.3 Å². The molecule has 0 saturated carbocycles. The van der Waals surface area contributed by atoms with Crippen LogP contribution in [0.1, 0.15) is 42.7 Å². The van der Waals surface area contributed by atoms with Gasteiger partial charge in [-0.05, 0) is 102 Å². The van der Waals surface area contributed by atoms with Crippen molar-refractivity contribution in [1.29, 1.82) is 0 Å². The number of aromatic amines is 1. The lowest BCUT2D eigenvalue weighted by atomic mass is 9.84. The van der Waals surface area contributed by atoms with E-state index < -0.39 is 0 Å². The molecule has 5 nitrogen and oxygen atoms in total. The van der Waals surface area contributed by atoms with Gasteiger partial charge in [-0.1, -0.05) is 24.3 Å². The first-order valence-electron chi connectivity index (χ1n) is 12.9. The van der Waals surface area contributed by atoms with E-state index >= 15 is 0 Å². The highest BCUT2D eigenvalue weighted by atomic mass is 79.9. The van der Waals surface area contributed by atoms with Gasteiger partial charge in [0.1, 0.15) is 5.82 Å². The standard InChI is InChI=1S/C29H33BrFN3O2/c30-25-17-20(5-7-26(25)31)6-8-29(36)34-15-11-22(12-16-34)28(19-35)33-13-9-21(10-14-33)24-18-32-27-4-2-1-3-23(24)27/h1-8,17-18,21-22,28,32,35H,9-16,19H2/b8-6+. The zero-order valence-electron chi connectivity index (χ0n) is 20.4. The van der Waals surface area contributed by atoms with E-state index in [1.165, 1.54) is 22.5 Å². The molecule has 190 valence electrons. The van der Waals surface area contributed by atoms with Crippen molar-refractivity contribution in [1.82, 2.24) is 14.8 Å². The largest absolute Gasteiger partial charge is 0.395 e. The van der Waals surface area contributed by atoms with Crippen LogP contribution in [0.4, 0.5) is 4.39 Å². The van der Waals surface area contributed by atoms with Gasteiger partial charge in [-0.15, -0.1) is 0 Å². The SMILES string of the molecule is O=C(/C=C/c1ccc(F)c(Br)c1)N1CCC(C(CO)N2CCC(c3c[nH]c4ccccc34)CC2)CC1. The van der Waals surface area contributed by atoms with Crippen LogP contribution in [0, 0.1) is 11.7 Å². The maximum absolute atomic E-state index is 13.4. The summed E-state index contributed by atoms with van der Waals surface area (Å²) in [6.45, 7) is 3.54. The third kappa shape index (κ3) is 5.43. The van der Waals surface area contributed by atoms with E-state index in [0.717, 1.165) is 44.3 Å². The highest BCUT2D eigenvalue weighted by Crippen LogP contribution is 2.35. The molecule has 3 aromatic rings. The Morgan fingerprint density at radius 2 is 1.86 bits per heavy atom. The predicted octanol–water partition coefficient (Wildman–Crippen LogP) is 5.56. The van der Waals surface area contributed by atoms with E-state index in [-0.39, 0.29) is 24.4 Å². The molecule has 2 aliphatic heterocycles. The molecule has 2 aromatic carbocycles. The van der Waals surface area contributed by atoms with Gasteiger partial charge in [0.25, 0.3) is 0 Å². The molecule has 2 fully saturated rings. The molecule has 3 heterocycles.